The highest BCUT2D eigenvalue weighted by molar-refractivity contribution is 7.89. The van der Waals surface area contributed by atoms with Crippen molar-refractivity contribution in [3.05, 3.63) is 58.4 Å². The summed E-state index contributed by atoms with van der Waals surface area (Å²) in [7, 11) is -3.78. The third kappa shape index (κ3) is 3.72. The molecule has 0 atom stereocenters. The van der Waals surface area contributed by atoms with Gasteiger partial charge in [0, 0.05) is 17.8 Å². The molecular formula is C14H14ClFN2O2S. The highest BCUT2D eigenvalue weighted by Gasteiger charge is 2.11. The first-order chi connectivity index (χ1) is 9.79. The van der Waals surface area contributed by atoms with Gasteiger partial charge >= 0.3 is 0 Å². The average Bonchev–Trinajstić information content (AvgIpc) is 2.40. The quantitative estimate of drug-likeness (QED) is 0.906. The van der Waals surface area contributed by atoms with Crippen LogP contribution in [0.4, 0.5) is 10.1 Å². The van der Waals surface area contributed by atoms with Gasteiger partial charge in [0.1, 0.15) is 5.82 Å². The lowest BCUT2D eigenvalue weighted by Crippen LogP contribution is -2.13. The van der Waals surface area contributed by atoms with Crippen molar-refractivity contribution < 1.29 is 12.8 Å². The maximum atomic E-state index is 13.8. The smallest absolute Gasteiger partial charge is 0.238 e. The predicted octanol–water partition coefficient (Wildman–Crippen LogP) is 3.05. The van der Waals surface area contributed by atoms with Crippen LogP contribution >= 0.6 is 11.6 Å². The molecule has 4 nitrogen and oxygen atoms in total. The Labute approximate surface area is 127 Å². The van der Waals surface area contributed by atoms with Crippen LogP contribution in [-0.4, -0.2) is 8.42 Å². The number of hydrogen-bond acceptors (Lipinski definition) is 3. The summed E-state index contributed by atoms with van der Waals surface area (Å²) in [4.78, 5) is 0.00201. The number of sulfonamides is 1. The fourth-order valence-electron chi connectivity index (χ4n) is 1.84. The molecule has 2 aromatic rings. The zero-order valence-corrected chi connectivity index (χ0v) is 12.8. The van der Waals surface area contributed by atoms with Gasteiger partial charge in [0.05, 0.1) is 9.92 Å². The number of nitrogens with one attached hydrogen (secondary N) is 1. The van der Waals surface area contributed by atoms with Crippen LogP contribution in [0.1, 0.15) is 11.1 Å². The van der Waals surface area contributed by atoms with Gasteiger partial charge in [0.15, 0.2) is 0 Å². The van der Waals surface area contributed by atoms with Gasteiger partial charge in [-0.3, -0.25) is 0 Å². The molecule has 0 bridgehead atoms. The third-order valence-corrected chi connectivity index (χ3v) is 4.24. The summed E-state index contributed by atoms with van der Waals surface area (Å²) in [6.45, 7) is 1.99. The van der Waals surface area contributed by atoms with Gasteiger partial charge in [-0.25, -0.2) is 17.9 Å². The second-order valence-electron chi connectivity index (χ2n) is 4.59. The zero-order valence-electron chi connectivity index (χ0n) is 11.2. The van der Waals surface area contributed by atoms with E-state index in [1.165, 1.54) is 18.2 Å². The lowest BCUT2D eigenvalue weighted by atomic mass is 10.1. The molecule has 0 amide bonds. The molecule has 2 aromatic carbocycles. The molecule has 0 aliphatic carbocycles. The van der Waals surface area contributed by atoms with Crippen molar-refractivity contribution in [2.75, 3.05) is 5.32 Å². The minimum absolute atomic E-state index is 0.00201. The zero-order chi connectivity index (χ0) is 15.6. The maximum absolute atomic E-state index is 13.8. The summed E-state index contributed by atoms with van der Waals surface area (Å²) in [5, 5.41) is 8.13. The molecule has 0 saturated carbocycles. The monoisotopic (exact) mass is 328 g/mol. The fraction of sp³-hybridized carbons (Fsp3) is 0.143. The molecule has 0 spiro atoms. The Morgan fingerprint density at radius 2 is 2.00 bits per heavy atom. The summed E-state index contributed by atoms with van der Waals surface area (Å²) in [5.74, 6) is -0.494. The van der Waals surface area contributed by atoms with E-state index in [1.807, 2.05) is 6.92 Å². The van der Waals surface area contributed by atoms with E-state index in [0.29, 0.717) is 11.3 Å². The number of nitrogens with two attached hydrogens (primary N) is 1. The highest BCUT2D eigenvalue weighted by atomic mass is 35.5. The first-order valence-electron chi connectivity index (χ1n) is 6.09. The Balaban J connectivity index is 2.26. The predicted molar refractivity (Wildman–Crippen MR) is 81.3 cm³/mol. The lowest BCUT2D eigenvalue weighted by molar-refractivity contribution is 0.597. The maximum Gasteiger partial charge on any atom is 0.238 e. The standard InChI is InChI=1S/C14H14ClFN2O2S/c1-9-5-6-11(21(17,19)20)7-13(9)18-8-10-3-2-4-12(15)14(10)16/h2-7,18H,8H2,1H3,(H2,17,19,20). The van der Waals surface area contributed by atoms with Crippen LogP contribution in [-0.2, 0) is 16.6 Å². The molecule has 0 aliphatic rings. The Kier molecular flexibility index (Phi) is 4.51. The summed E-state index contributed by atoms with van der Waals surface area (Å²) in [6.07, 6.45) is 0. The van der Waals surface area contributed by atoms with Gasteiger partial charge in [0.2, 0.25) is 10.0 Å². The number of benzene rings is 2. The normalized spacial score (nSPS) is 11.4. The first kappa shape index (κ1) is 15.8. The number of halogens is 2. The SMILES string of the molecule is Cc1ccc(S(N)(=O)=O)cc1NCc1cccc(Cl)c1F. The van der Waals surface area contributed by atoms with E-state index >= 15 is 0 Å². The second kappa shape index (κ2) is 6.01. The molecule has 0 fully saturated rings. The topological polar surface area (TPSA) is 72.2 Å². The van der Waals surface area contributed by atoms with Crippen molar-refractivity contribution in [1.29, 1.82) is 0 Å². The van der Waals surface area contributed by atoms with E-state index in [1.54, 1.807) is 18.2 Å². The van der Waals surface area contributed by atoms with Crippen LogP contribution in [0.25, 0.3) is 0 Å². The minimum Gasteiger partial charge on any atom is -0.381 e. The molecule has 0 aromatic heterocycles. The van der Waals surface area contributed by atoms with Gasteiger partial charge in [-0.15, -0.1) is 0 Å². The summed E-state index contributed by atoms with van der Waals surface area (Å²) in [6, 6.07) is 9.20. The van der Waals surface area contributed by atoms with Crippen LogP contribution in [0.3, 0.4) is 0 Å². The van der Waals surface area contributed by atoms with E-state index in [2.05, 4.69) is 5.32 Å². The van der Waals surface area contributed by atoms with Gasteiger partial charge in [-0.2, -0.15) is 0 Å². The van der Waals surface area contributed by atoms with Crippen molar-refractivity contribution in [3.8, 4) is 0 Å². The van der Waals surface area contributed by atoms with Crippen LogP contribution in [0.15, 0.2) is 41.3 Å². The molecule has 0 heterocycles. The molecule has 0 unspecified atom stereocenters. The molecule has 2 rings (SSSR count). The molecule has 7 heteroatoms. The molecule has 3 N–H and O–H groups in total. The van der Waals surface area contributed by atoms with Gasteiger partial charge in [-0.05, 0) is 30.7 Å². The van der Waals surface area contributed by atoms with E-state index in [0.717, 1.165) is 5.56 Å². The highest BCUT2D eigenvalue weighted by Crippen LogP contribution is 2.22. The number of anilines is 1. The summed E-state index contributed by atoms with van der Waals surface area (Å²) >= 11 is 5.71. The lowest BCUT2D eigenvalue weighted by Gasteiger charge is -2.12. The third-order valence-electron chi connectivity index (χ3n) is 3.04. The first-order valence-corrected chi connectivity index (χ1v) is 8.01. The van der Waals surface area contributed by atoms with E-state index in [9.17, 15) is 12.8 Å². The largest absolute Gasteiger partial charge is 0.381 e. The Morgan fingerprint density at radius 1 is 1.29 bits per heavy atom. The van der Waals surface area contributed by atoms with Crippen molar-refractivity contribution in [2.24, 2.45) is 5.14 Å². The molecule has 21 heavy (non-hydrogen) atoms. The minimum atomic E-state index is -3.78. The van der Waals surface area contributed by atoms with Crippen LogP contribution in [0, 0.1) is 12.7 Å². The second-order valence-corrected chi connectivity index (χ2v) is 6.56. The molecule has 0 radical (unpaired) electrons. The number of hydrogen-bond donors (Lipinski definition) is 2. The number of primary sulfonamides is 1. The Bertz CT molecular complexity index is 779. The van der Waals surface area contributed by atoms with Gasteiger partial charge in [0.25, 0.3) is 0 Å². The van der Waals surface area contributed by atoms with E-state index in [4.69, 9.17) is 16.7 Å². The van der Waals surface area contributed by atoms with Gasteiger partial charge in [-0.1, -0.05) is 29.8 Å². The fourth-order valence-corrected chi connectivity index (χ4v) is 2.58. The molecular weight excluding hydrogens is 315 g/mol. The van der Waals surface area contributed by atoms with Crippen molar-refractivity contribution >= 4 is 27.3 Å². The van der Waals surface area contributed by atoms with Crippen molar-refractivity contribution in [3.63, 3.8) is 0 Å². The average molecular weight is 329 g/mol. The Morgan fingerprint density at radius 3 is 2.67 bits per heavy atom. The summed E-state index contributed by atoms with van der Waals surface area (Å²) < 4.78 is 36.5. The van der Waals surface area contributed by atoms with Crippen LogP contribution < -0.4 is 10.5 Å². The molecule has 0 saturated heterocycles. The van der Waals surface area contributed by atoms with Crippen molar-refractivity contribution in [2.45, 2.75) is 18.4 Å². The summed E-state index contributed by atoms with van der Waals surface area (Å²) in [5.41, 5.74) is 1.79. The van der Waals surface area contributed by atoms with E-state index in [-0.39, 0.29) is 16.5 Å². The molecule has 0 aliphatic heterocycles. The van der Waals surface area contributed by atoms with Crippen molar-refractivity contribution in [1.82, 2.24) is 0 Å². The number of rotatable bonds is 4. The van der Waals surface area contributed by atoms with Gasteiger partial charge < -0.3 is 5.32 Å². The van der Waals surface area contributed by atoms with Crippen LogP contribution in [0.2, 0.25) is 5.02 Å². The van der Waals surface area contributed by atoms with Crippen LogP contribution in [0.5, 0.6) is 0 Å². The number of aryl methyl sites for hydroxylation is 1. The Hall–Kier alpha value is -1.63. The van der Waals surface area contributed by atoms with E-state index < -0.39 is 15.8 Å². The molecule has 112 valence electrons.